The maximum atomic E-state index is 12.8. The van der Waals surface area contributed by atoms with E-state index in [0.717, 1.165) is 27.9 Å². The van der Waals surface area contributed by atoms with Crippen molar-refractivity contribution >= 4 is 44.0 Å². The quantitative estimate of drug-likeness (QED) is 0.445. The number of carbonyl (C=O) groups excluding carboxylic acids is 1. The predicted octanol–water partition coefficient (Wildman–Crippen LogP) is 4.97. The van der Waals surface area contributed by atoms with E-state index in [1.54, 1.807) is 0 Å². The second kappa shape index (κ2) is 7.66. The van der Waals surface area contributed by atoms with Crippen molar-refractivity contribution < 1.29 is 22.9 Å². The normalized spacial score (nSPS) is 12.6. The van der Waals surface area contributed by atoms with Gasteiger partial charge in [-0.2, -0.15) is 13.2 Å². The number of nitrogens with one attached hydrogen (secondary N) is 2. The Morgan fingerprint density at radius 1 is 1.24 bits per heavy atom. The van der Waals surface area contributed by atoms with Gasteiger partial charge in [-0.15, -0.1) is 0 Å². The zero-order valence-electron chi connectivity index (χ0n) is 15.2. The van der Waals surface area contributed by atoms with E-state index in [-0.39, 0.29) is 5.69 Å². The van der Waals surface area contributed by atoms with Crippen molar-refractivity contribution in [1.29, 1.82) is 0 Å². The van der Waals surface area contributed by atoms with Gasteiger partial charge >= 0.3 is 6.18 Å². The van der Waals surface area contributed by atoms with Crippen LogP contribution in [0.1, 0.15) is 18.1 Å². The first-order valence-corrected chi connectivity index (χ1v) is 9.16. The van der Waals surface area contributed by atoms with Crippen LogP contribution in [-0.2, 0) is 11.0 Å². The highest BCUT2D eigenvalue weighted by molar-refractivity contribution is 7.22. The molecule has 0 fully saturated rings. The molecule has 0 saturated carbocycles. The van der Waals surface area contributed by atoms with Crippen LogP contribution in [0.25, 0.3) is 10.2 Å². The standard InChI is InChI=1S/C18H15F3N4O3S/c1-9-3-5-13-15(7-9)29-17(23-13)24-16(26)10(2)22-12-6-4-11(18(19,20)21)8-14(12)25(27)28/h3-8,10,22H,1-2H3,(H,23,24,26)/t10-/m1/s1. The maximum absolute atomic E-state index is 12.8. The van der Waals surface area contributed by atoms with Crippen LogP contribution in [0.5, 0.6) is 0 Å². The Labute approximate surface area is 166 Å². The molecule has 1 heterocycles. The zero-order valence-corrected chi connectivity index (χ0v) is 16.0. The lowest BCUT2D eigenvalue weighted by Gasteiger charge is -2.15. The summed E-state index contributed by atoms with van der Waals surface area (Å²) < 4.78 is 39.3. The smallest absolute Gasteiger partial charge is 0.368 e. The van der Waals surface area contributed by atoms with Crippen LogP contribution < -0.4 is 10.6 Å². The van der Waals surface area contributed by atoms with Gasteiger partial charge in [-0.25, -0.2) is 4.98 Å². The van der Waals surface area contributed by atoms with Gasteiger partial charge in [-0.1, -0.05) is 17.4 Å². The Hall–Kier alpha value is -3.21. The number of nitrogens with zero attached hydrogens (tertiary/aromatic N) is 2. The third-order valence-corrected chi connectivity index (χ3v) is 4.99. The fraction of sp³-hybridized carbons (Fsp3) is 0.222. The number of amides is 1. The van der Waals surface area contributed by atoms with Crippen LogP contribution in [-0.4, -0.2) is 21.9 Å². The molecule has 3 rings (SSSR count). The van der Waals surface area contributed by atoms with E-state index in [1.165, 1.54) is 18.3 Å². The van der Waals surface area contributed by atoms with Crippen molar-refractivity contribution in [2.24, 2.45) is 0 Å². The van der Waals surface area contributed by atoms with Crippen molar-refractivity contribution in [1.82, 2.24) is 4.98 Å². The molecule has 0 radical (unpaired) electrons. The molecule has 0 aliphatic rings. The molecule has 29 heavy (non-hydrogen) atoms. The van der Waals surface area contributed by atoms with Gasteiger partial charge in [0.15, 0.2) is 5.13 Å². The molecule has 0 saturated heterocycles. The first-order valence-electron chi connectivity index (χ1n) is 8.35. The number of nitro benzene ring substituents is 1. The average Bonchev–Trinajstić information content (AvgIpc) is 3.02. The molecular weight excluding hydrogens is 409 g/mol. The van der Waals surface area contributed by atoms with Crippen molar-refractivity contribution in [3.8, 4) is 0 Å². The molecular formula is C18H15F3N4O3S. The third-order valence-electron chi connectivity index (χ3n) is 4.06. The Morgan fingerprint density at radius 2 is 1.97 bits per heavy atom. The molecule has 0 spiro atoms. The van der Waals surface area contributed by atoms with E-state index in [4.69, 9.17) is 0 Å². The van der Waals surface area contributed by atoms with Gasteiger partial charge in [0.05, 0.1) is 20.7 Å². The largest absolute Gasteiger partial charge is 0.416 e. The lowest BCUT2D eigenvalue weighted by molar-refractivity contribution is -0.384. The lowest BCUT2D eigenvalue weighted by Crippen LogP contribution is -2.32. The number of fused-ring (bicyclic) bond motifs is 1. The molecule has 0 unspecified atom stereocenters. The number of anilines is 2. The number of hydrogen-bond donors (Lipinski definition) is 2. The highest BCUT2D eigenvalue weighted by Crippen LogP contribution is 2.35. The van der Waals surface area contributed by atoms with Gasteiger partial charge in [-0.05, 0) is 43.7 Å². The Kier molecular flexibility index (Phi) is 5.42. The number of thiazole rings is 1. The second-order valence-electron chi connectivity index (χ2n) is 6.33. The number of benzene rings is 2. The van der Waals surface area contributed by atoms with Crippen molar-refractivity contribution in [2.45, 2.75) is 26.1 Å². The summed E-state index contributed by atoms with van der Waals surface area (Å²) in [4.78, 5) is 26.9. The Morgan fingerprint density at radius 3 is 2.62 bits per heavy atom. The number of rotatable bonds is 5. The van der Waals surface area contributed by atoms with Crippen LogP contribution >= 0.6 is 11.3 Å². The van der Waals surface area contributed by atoms with E-state index in [0.29, 0.717) is 11.2 Å². The Balaban J connectivity index is 1.77. The first-order chi connectivity index (χ1) is 13.5. The highest BCUT2D eigenvalue weighted by Gasteiger charge is 2.33. The van der Waals surface area contributed by atoms with Gasteiger partial charge < -0.3 is 10.6 Å². The summed E-state index contributed by atoms with van der Waals surface area (Å²) in [6.45, 7) is 3.37. The summed E-state index contributed by atoms with van der Waals surface area (Å²) in [5, 5.41) is 16.7. The molecule has 2 N–H and O–H groups in total. The fourth-order valence-corrected chi connectivity index (χ4v) is 3.55. The molecule has 7 nitrogen and oxygen atoms in total. The Bertz CT molecular complexity index is 1100. The lowest BCUT2D eigenvalue weighted by atomic mass is 10.1. The molecule has 1 amide bonds. The van der Waals surface area contributed by atoms with E-state index >= 15 is 0 Å². The number of aryl methyl sites for hydroxylation is 1. The summed E-state index contributed by atoms with van der Waals surface area (Å²) in [5.41, 5.74) is -0.337. The van der Waals surface area contributed by atoms with Gasteiger partial charge in [0.1, 0.15) is 11.7 Å². The first kappa shape index (κ1) is 20.5. The minimum Gasteiger partial charge on any atom is -0.368 e. The number of alkyl halides is 3. The second-order valence-corrected chi connectivity index (χ2v) is 7.36. The van der Waals surface area contributed by atoms with Gasteiger partial charge in [0.2, 0.25) is 5.91 Å². The summed E-state index contributed by atoms with van der Waals surface area (Å²) in [6, 6.07) is 6.77. The van der Waals surface area contributed by atoms with Gasteiger partial charge in [0, 0.05) is 6.07 Å². The molecule has 1 aromatic heterocycles. The summed E-state index contributed by atoms with van der Waals surface area (Å²) in [6.07, 6.45) is -4.71. The summed E-state index contributed by atoms with van der Waals surface area (Å²) in [7, 11) is 0. The van der Waals surface area contributed by atoms with Gasteiger partial charge in [0.25, 0.3) is 5.69 Å². The molecule has 0 bridgehead atoms. The number of aromatic nitrogens is 1. The SMILES string of the molecule is Cc1ccc2nc(NC(=O)[C@@H](C)Nc3ccc(C(F)(F)F)cc3[N+](=O)[O-])sc2c1. The predicted molar refractivity (Wildman–Crippen MR) is 104 cm³/mol. The van der Waals surface area contributed by atoms with Crippen LogP contribution in [0.4, 0.5) is 29.7 Å². The van der Waals surface area contributed by atoms with Crippen molar-refractivity contribution in [3.05, 3.63) is 57.6 Å². The van der Waals surface area contributed by atoms with Crippen LogP contribution in [0.3, 0.4) is 0 Å². The average molecular weight is 424 g/mol. The van der Waals surface area contributed by atoms with E-state index in [2.05, 4.69) is 15.6 Å². The fourth-order valence-electron chi connectivity index (χ4n) is 2.58. The monoisotopic (exact) mass is 424 g/mol. The summed E-state index contributed by atoms with van der Waals surface area (Å²) >= 11 is 1.27. The molecule has 11 heteroatoms. The number of nitro groups is 1. The molecule has 0 aliphatic carbocycles. The van der Waals surface area contributed by atoms with E-state index < -0.39 is 34.3 Å². The molecule has 0 aliphatic heterocycles. The van der Waals surface area contributed by atoms with Gasteiger partial charge in [-0.3, -0.25) is 14.9 Å². The van der Waals surface area contributed by atoms with Crippen LogP contribution in [0.2, 0.25) is 0 Å². The van der Waals surface area contributed by atoms with Crippen LogP contribution in [0.15, 0.2) is 36.4 Å². The molecule has 3 aromatic rings. The highest BCUT2D eigenvalue weighted by atomic mass is 32.1. The minimum atomic E-state index is -4.71. The maximum Gasteiger partial charge on any atom is 0.416 e. The van der Waals surface area contributed by atoms with Crippen LogP contribution in [0, 0.1) is 17.0 Å². The minimum absolute atomic E-state index is 0.189. The molecule has 1 atom stereocenters. The van der Waals surface area contributed by atoms with Crippen molar-refractivity contribution in [3.63, 3.8) is 0 Å². The number of halogens is 3. The van der Waals surface area contributed by atoms with E-state index in [1.807, 2.05) is 25.1 Å². The number of carbonyl (C=O) groups is 1. The number of hydrogen-bond acceptors (Lipinski definition) is 6. The topological polar surface area (TPSA) is 97.2 Å². The van der Waals surface area contributed by atoms with Crippen molar-refractivity contribution in [2.75, 3.05) is 10.6 Å². The van der Waals surface area contributed by atoms with E-state index in [9.17, 15) is 28.1 Å². The zero-order chi connectivity index (χ0) is 21.3. The molecule has 2 aromatic carbocycles. The third kappa shape index (κ3) is 4.62. The summed E-state index contributed by atoms with van der Waals surface area (Å²) in [5.74, 6) is -0.532. The molecule has 152 valence electrons.